The van der Waals surface area contributed by atoms with Crippen molar-refractivity contribution in [2.45, 2.75) is 19.3 Å². The average molecular weight is 186 g/mol. The minimum atomic E-state index is 0.419. The molecule has 0 radical (unpaired) electrons. The van der Waals surface area contributed by atoms with E-state index in [1.807, 2.05) is 6.07 Å². The Morgan fingerprint density at radius 2 is 1.71 bits per heavy atom. The lowest BCUT2D eigenvalue weighted by Crippen LogP contribution is -1.91. The molecular formula is C13H14O. The molecule has 0 saturated carbocycles. The lowest BCUT2D eigenvalue weighted by molar-refractivity contribution is 0.469. The standard InChI is InChI=1S/C13H14O/c14-13-10-6-8-11-7-4-2-1-3-5-9-12(11)13/h2-6,8,10,14H,1,7,9H2. The molecule has 1 nitrogen and oxygen atoms in total. The molecule has 1 aromatic rings. The monoisotopic (exact) mass is 186 g/mol. The minimum absolute atomic E-state index is 0.419. The predicted molar refractivity (Wildman–Crippen MR) is 58.4 cm³/mol. The van der Waals surface area contributed by atoms with Gasteiger partial charge in [-0.05, 0) is 30.9 Å². The first-order chi connectivity index (χ1) is 6.88. The number of allylic oxidation sites excluding steroid dienone is 4. The van der Waals surface area contributed by atoms with Crippen molar-refractivity contribution >= 4 is 0 Å². The number of aromatic hydroxyl groups is 1. The molecule has 0 atom stereocenters. The van der Waals surface area contributed by atoms with E-state index in [0.717, 1.165) is 24.8 Å². The highest BCUT2D eigenvalue weighted by Gasteiger charge is 2.05. The summed E-state index contributed by atoms with van der Waals surface area (Å²) in [7, 11) is 0. The zero-order valence-electron chi connectivity index (χ0n) is 8.11. The largest absolute Gasteiger partial charge is 0.508 e. The Bertz CT molecular complexity index is 375. The fraction of sp³-hybridized carbons (Fsp3) is 0.231. The quantitative estimate of drug-likeness (QED) is 0.617. The first-order valence-electron chi connectivity index (χ1n) is 4.97. The Hall–Kier alpha value is -1.50. The summed E-state index contributed by atoms with van der Waals surface area (Å²) >= 11 is 0. The molecule has 0 aromatic heterocycles. The Balaban J connectivity index is 2.42. The van der Waals surface area contributed by atoms with Crippen molar-refractivity contribution in [2.24, 2.45) is 0 Å². The molecule has 1 N–H and O–H groups in total. The van der Waals surface area contributed by atoms with E-state index in [9.17, 15) is 5.11 Å². The van der Waals surface area contributed by atoms with Gasteiger partial charge in [-0.3, -0.25) is 0 Å². The summed E-state index contributed by atoms with van der Waals surface area (Å²) in [5.41, 5.74) is 2.29. The summed E-state index contributed by atoms with van der Waals surface area (Å²) < 4.78 is 0. The normalized spacial score (nSPS) is 15.4. The van der Waals surface area contributed by atoms with Crippen LogP contribution in [0.4, 0.5) is 0 Å². The molecule has 0 spiro atoms. The van der Waals surface area contributed by atoms with Crippen molar-refractivity contribution in [3.63, 3.8) is 0 Å². The highest BCUT2D eigenvalue weighted by Crippen LogP contribution is 2.23. The molecule has 0 fully saturated rings. The Morgan fingerprint density at radius 1 is 0.929 bits per heavy atom. The van der Waals surface area contributed by atoms with Gasteiger partial charge >= 0.3 is 0 Å². The van der Waals surface area contributed by atoms with Gasteiger partial charge in [-0.1, -0.05) is 36.4 Å². The topological polar surface area (TPSA) is 20.2 Å². The van der Waals surface area contributed by atoms with E-state index in [1.165, 1.54) is 5.56 Å². The summed E-state index contributed by atoms with van der Waals surface area (Å²) in [6.45, 7) is 0. The van der Waals surface area contributed by atoms with E-state index in [4.69, 9.17) is 0 Å². The van der Waals surface area contributed by atoms with Crippen molar-refractivity contribution in [3.05, 3.63) is 53.6 Å². The molecule has 0 aliphatic heterocycles. The molecule has 0 heterocycles. The lowest BCUT2D eigenvalue weighted by Gasteiger charge is -2.07. The number of rotatable bonds is 0. The van der Waals surface area contributed by atoms with Crippen molar-refractivity contribution in [1.29, 1.82) is 0 Å². The van der Waals surface area contributed by atoms with E-state index in [0.29, 0.717) is 5.75 Å². The molecule has 1 heteroatoms. The van der Waals surface area contributed by atoms with Crippen molar-refractivity contribution in [3.8, 4) is 5.75 Å². The van der Waals surface area contributed by atoms with Crippen LogP contribution >= 0.6 is 0 Å². The summed E-state index contributed by atoms with van der Waals surface area (Å²) in [4.78, 5) is 0. The van der Waals surface area contributed by atoms with E-state index < -0.39 is 0 Å². The van der Waals surface area contributed by atoms with E-state index >= 15 is 0 Å². The number of hydrogen-bond donors (Lipinski definition) is 1. The maximum atomic E-state index is 9.71. The van der Waals surface area contributed by atoms with Gasteiger partial charge in [0, 0.05) is 5.56 Å². The van der Waals surface area contributed by atoms with Crippen molar-refractivity contribution in [1.82, 2.24) is 0 Å². The van der Waals surface area contributed by atoms with Gasteiger partial charge < -0.3 is 5.11 Å². The lowest BCUT2D eigenvalue weighted by atomic mass is 10.0. The molecule has 0 bridgehead atoms. The van der Waals surface area contributed by atoms with Crippen LogP contribution in [0.15, 0.2) is 42.5 Å². The molecule has 1 aliphatic rings. The minimum Gasteiger partial charge on any atom is -0.508 e. The first kappa shape index (κ1) is 9.07. The number of benzene rings is 1. The fourth-order valence-corrected chi connectivity index (χ4v) is 1.73. The first-order valence-corrected chi connectivity index (χ1v) is 4.97. The van der Waals surface area contributed by atoms with Crippen molar-refractivity contribution < 1.29 is 5.11 Å². The molecule has 72 valence electrons. The number of phenolic OH excluding ortho intramolecular Hbond substituents is 1. The average Bonchev–Trinajstić information content (AvgIpc) is 2.30. The maximum Gasteiger partial charge on any atom is 0.119 e. The van der Waals surface area contributed by atoms with Gasteiger partial charge in [0.15, 0.2) is 0 Å². The van der Waals surface area contributed by atoms with Crippen molar-refractivity contribution in [2.75, 3.05) is 0 Å². The summed E-state index contributed by atoms with van der Waals surface area (Å²) in [5, 5.41) is 9.71. The van der Waals surface area contributed by atoms with E-state index in [-0.39, 0.29) is 0 Å². The van der Waals surface area contributed by atoms with E-state index in [1.54, 1.807) is 6.07 Å². The molecule has 14 heavy (non-hydrogen) atoms. The molecule has 0 amide bonds. The molecule has 0 saturated heterocycles. The van der Waals surface area contributed by atoms with Gasteiger partial charge in [0.1, 0.15) is 5.75 Å². The van der Waals surface area contributed by atoms with Crippen LogP contribution in [0.5, 0.6) is 5.75 Å². The zero-order chi connectivity index (χ0) is 9.80. The maximum absolute atomic E-state index is 9.71. The molecule has 2 rings (SSSR count). The SMILES string of the molecule is Oc1cccc2c1CC=CCC=CC2. The predicted octanol–water partition coefficient (Wildman–Crippen LogP) is 2.99. The second kappa shape index (κ2) is 4.14. The van der Waals surface area contributed by atoms with E-state index in [2.05, 4.69) is 30.4 Å². The van der Waals surface area contributed by atoms with Gasteiger partial charge in [-0.15, -0.1) is 0 Å². The summed E-state index contributed by atoms with van der Waals surface area (Å²) in [6, 6.07) is 5.75. The summed E-state index contributed by atoms with van der Waals surface area (Å²) in [5.74, 6) is 0.419. The smallest absolute Gasteiger partial charge is 0.119 e. The highest BCUT2D eigenvalue weighted by atomic mass is 16.3. The van der Waals surface area contributed by atoms with Gasteiger partial charge in [-0.25, -0.2) is 0 Å². The fourth-order valence-electron chi connectivity index (χ4n) is 1.73. The van der Waals surface area contributed by atoms with Crippen LogP contribution < -0.4 is 0 Å². The van der Waals surface area contributed by atoms with Crippen LogP contribution in [-0.2, 0) is 12.8 Å². The van der Waals surface area contributed by atoms with Gasteiger partial charge in [0.05, 0.1) is 0 Å². The van der Waals surface area contributed by atoms with Crippen LogP contribution in [0, 0.1) is 0 Å². The third-order valence-corrected chi connectivity index (χ3v) is 2.51. The summed E-state index contributed by atoms with van der Waals surface area (Å²) in [6.07, 6.45) is 11.3. The number of hydrogen-bond acceptors (Lipinski definition) is 1. The molecular weight excluding hydrogens is 172 g/mol. The second-order valence-electron chi connectivity index (χ2n) is 3.50. The van der Waals surface area contributed by atoms with Crippen LogP contribution in [0.2, 0.25) is 0 Å². The number of fused-ring (bicyclic) bond motifs is 1. The Morgan fingerprint density at radius 3 is 2.57 bits per heavy atom. The van der Waals surface area contributed by atoms with Crippen LogP contribution in [-0.4, -0.2) is 5.11 Å². The van der Waals surface area contributed by atoms with Crippen LogP contribution in [0.25, 0.3) is 0 Å². The van der Waals surface area contributed by atoms with Crippen LogP contribution in [0.1, 0.15) is 17.5 Å². The molecule has 1 aliphatic carbocycles. The Labute approximate surface area is 84.4 Å². The Kier molecular flexibility index (Phi) is 2.68. The van der Waals surface area contributed by atoms with Crippen LogP contribution in [0.3, 0.4) is 0 Å². The number of phenols is 1. The van der Waals surface area contributed by atoms with Gasteiger partial charge in [-0.2, -0.15) is 0 Å². The highest BCUT2D eigenvalue weighted by molar-refractivity contribution is 5.41. The molecule has 0 unspecified atom stereocenters. The molecule has 1 aromatic carbocycles. The van der Waals surface area contributed by atoms with Gasteiger partial charge in [0.2, 0.25) is 0 Å². The second-order valence-corrected chi connectivity index (χ2v) is 3.50. The third kappa shape index (κ3) is 1.87. The van der Waals surface area contributed by atoms with Gasteiger partial charge in [0.25, 0.3) is 0 Å². The zero-order valence-corrected chi connectivity index (χ0v) is 8.11. The third-order valence-electron chi connectivity index (χ3n) is 2.51.